The summed E-state index contributed by atoms with van der Waals surface area (Å²) in [5.41, 5.74) is 8.18. The highest BCUT2D eigenvalue weighted by molar-refractivity contribution is 6.09. The molecule has 2 rings (SSSR count). The Balaban J connectivity index is 2.39. The fourth-order valence-electron chi connectivity index (χ4n) is 1.96. The van der Waals surface area contributed by atoms with E-state index in [2.05, 4.69) is 0 Å². The fraction of sp³-hybridized carbons (Fsp3) is 0.188. The number of hydrogen-bond acceptors (Lipinski definition) is 3. The van der Waals surface area contributed by atoms with Crippen molar-refractivity contribution in [2.75, 3.05) is 5.73 Å². The maximum atomic E-state index is 12.3. The van der Waals surface area contributed by atoms with Crippen molar-refractivity contribution >= 4 is 11.5 Å². The first kappa shape index (κ1) is 13.1. The highest BCUT2D eigenvalue weighted by atomic mass is 16.3. The van der Waals surface area contributed by atoms with Crippen molar-refractivity contribution in [2.24, 2.45) is 0 Å². The van der Waals surface area contributed by atoms with E-state index < -0.39 is 0 Å². The van der Waals surface area contributed by atoms with E-state index in [-0.39, 0.29) is 17.5 Å². The summed E-state index contributed by atoms with van der Waals surface area (Å²) in [6.07, 6.45) is 0. The van der Waals surface area contributed by atoms with Gasteiger partial charge in [-0.1, -0.05) is 13.8 Å². The summed E-state index contributed by atoms with van der Waals surface area (Å²) in [5, 5.41) is 9.77. The summed E-state index contributed by atoms with van der Waals surface area (Å²) < 4.78 is 0. The molecule has 2 aromatic carbocycles. The van der Waals surface area contributed by atoms with Gasteiger partial charge in [0.2, 0.25) is 0 Å². The van der Waals surface area contributed by atoms with Crippen LogP contribution in [0.5, 0.6) is 5.75 Å². The van der Waals surface area contributed by atoms with Gasteiger partial charge in [0.15, 0.2) is 5.78 Å². The second-order valence-electron chi connectivity index (χ2n) is 4.88. The summed E-state index contributed by atoms with van der Waals surface area (Å²) in [6, 6.07) is 11.8. The van der Waals surface area contributed by atoms with Gasteiger partial charge in [-0.15, -0.1) is 0 Å². The number of carbonyl (C=O) groups excluding carboxylic acids is 1. The number of benzene rings is 2. The first-order chi connectivity index (χ1) is 8.99. The number of hydrogen-bond donors (Lipinski definition) is 2. The molecule has 0 spiro atoms. The van der Waals surface area contributed by atoms with Crippen molar-refractivity contribution in [1.82, 2.24) is 0 Å². The molecule has 0 fully saturated rings. The Morgan fingerprint density at radius 3 is 2.21 bits per heavy atom. The minimum atomic E-state index is -0.0677. The summed E-state index contributed by atoms with van der Waals surface area (Å²) >= 11 is 0. The molecule has 0 aromatic heterocycles. The number of aromatic hydroxyl groups is 1. The Bertz CT molecular complexity index is 601. The van der Waals surface area contributed by atoms with Gasteiger partial charge in [0, 0.05) is 16.8 Å². The Morgan fingerprint density at radius 1 is 1.05 bits per heavy atom. The maximum absolute atomic E-state index is 12.3. The molecule has 0 heterocycles. The Labute approximate surface area is 112 Å². The van der Waals surface area contributed by atoms with Gasteiger partial charge >= 0.3 is 0 Å². The van der Waals surface area contributed by atoms with Crippen molar-refractivity contribution in [3.05, 3.63) is 59.2 Å². The lowest BCUT2D eigenvalue weighted by Crippen LogP contribution is -2.03. The van der Waals surface area contributed by atoms with E-state index in [4.69, 9.17) is 5.73 Å². The van der Waals surface area contributed by atoms with E-state index in [9.17, 15) is 9.90 Å². The van der Waals surface area contributed by atoms with Crippen LogP contribution in [0.1, 0.15) is 41.3 Å². The summed E-state index contributed by atoms with van der Waals surface area (Å²) in [7, 11) is 0. The molecule has 0 amide bonds. The third-order valence-electron chi connectivity index (χ3n) is 3.08. The monoisotopic (exact) mass is 255 g/mol. The maximum Gasteiger partial charge on any atom is 0.193 e. The SMILES string of the molecule is CC(C)c1cc(C(=O)c2ccc(N)cc2)ccc1O. The number of nitrogen functional groups attached to an aromatic ring is 1. The number of anilines is 1. The molecular formula is C16H17NO2. The number of phenols is 1. The van der Waals surface area contributed by atoms with Gasteiger partial charge in [0.25, 0.3) is 0 Å². The normalized spacial score (nSPS) is 10.7. The first-order valence-electron chi connectivity index (χ1n) is 6.22. The molecule has 3 heteroatoms. The molecule has 0 bridgehead atoms. The Hall–Kier alpha value is -2.29. The molecule has 0 radical (unpaired) electrons. The van der Waals surface area contributed by atoms with Gasteiger partial charge < -0.3 is 10.8 Å². The smallest absolute Gasteiger partial charge is 0.193 e. The van der Waals surface area contributed by atoms with Crippen molar-refractivity contribution in [1.29, 1.82) is 0 Å². The lowest BCUT2D eigenvalue weighted by atomic mass is 9.96. The van der Waals surface area contributed by atoms with Crippen LogP contribution in [0.15, 0.2) is 42.5 Å². The largest absolute Gasteiger partial charge is 0.508 e. The summed E-state index contributed by atoms with van der Waals surface area (Å²) in [4.78, 5) is 12.3. The quantitative estimate of drug-likeness (QED) is 0.653. The molecule has 98 valence electrons. The highest BCUT2D eigenvalue weighted by Crippen LogP contribution is 2.27. The number of nitrogens with two attached hydrogens (primary N) is 1. The minimum Gasteiger partial charge on any atom is -0.508 e. The minimum absolute atomic E-state index is 0.0677. The van der Waals surface area contributed by atoms with Gasteiger partial charge in [-0.25, -0.2) is 0 Å². The molecule has 0 saturated carbocycles. The van der Waals surface area contributed by atoms with Crippen LogP contribution in [-0.2, 0) is 0 Å². The molecule has 0 saturated heterocycles. The van der Waals surface area contributed by atoms with Crippen LogP contribution in [0.3, 0.4) is 0 Å². The van der Waals surface area contributed by atoms with Gasteiger partial charge in [0.05, 0.1) is 0 Å². The van der Waals surface area contributed by atoms with Gasteiger partial charge in [-0.3, -0.25) is 4.79 Å². The third kappa shape index (κ3) is 2.76. The molecule has 3 nitrogen and oxygen atoms in total. The molecule has 2 aromatic rings. The molecule has 0 aliphatic rings. The van der Waals surface area contributed by atoms with Crippen LogP contribution in [0.25, 0.3) is 0 Å². The van der Waals surface area contributed by atoms with Crippen molar-refractivity contribution in [3.63, 3.8) is 0 Å². The van der Waals surface area contributed by atoms with Crippen molar-refractivity contribution in [2.45, 2.75) is 19.8 Å². The average Bonchev–Trinajstić information content (AvgIpc) is 2.39. The molecule has 0 unspecified atom stereocenters. The second-order valence-corrected chi connectivity index (χ2v) is 4.88. The average molecular weight is 255 g/mol. The van der Waals surface area contributed by atoms with E-state index in [1.165, 1.54) is 0 Å². The molecule has 0 aliphatic heterocycles. The zero-order chi connectivity index (χ0) is 14.0. The topological polar surface area (TPSA) is 63.3 Å². The molecule has 0 atom stereocenters. The summed E-state index contributed by atoms with van der Waals surface area (Å²) in [5.74, 6) is 0.324. The van der Waals surface area contributed by atoms with Crippen molar-refractivity contribution < 1.29 is 9.90 Å². The predicted octanol–water partition coefficient (Wildman–Crippen LogP) is 3.33. The van der Waals surface area contributed by atoms with E-state index in [1.54, 1.807) is 42.5 Å². The molecule has 3 N–H and O–H groups in total. The van der Waals surface area contributed by atoms with E-state index in [0.29, 0.717) is 16.8 Å². The molecular weight excluding hydrogens is 238 g/mol. The van der Waals surface area contributed by atoms with Crippen LogP contribution < -0.4 is 5.73 Å². The lowest BCUT2D eigenvalue weighted by molar-refractivity contribution is 0.103. The Kier molecular flexibility index (Phi) is 3.56. The molecule has 19 heavy (non-hydrogen) atoms. The summed E-state index contributed by atoms with van der Waals surface area (Å²) in [6.45, 7) is 3.96. The standard InChI is InChI=1S/C16H17NO2/c1-10(2)14-9-12(5-8-15(14)18)16(19)11-3-6-13(17)7-4-11/h3-10,18H,17H2,1-2H3. The van der Waals surface area contributed by atoms with Crippen LogP contribution in [0, 0.1) is 0 Å². The highest BCUT2D eigenvalue weighted by Gasteiger charge is 2.13. The van der Waals surface area contributed by atoms with Crippen molar-refractivity contribution in [3.8, 4) is 5.75 Å². The van der Waals surface area contributed by atoms with E-state index in [0.717, 1.165) is 5.56 Å². The van der Waals surface area contributed by atoms with Gasteiger partial charge in [-0.2, -0.15) is 0 Å². The zero-order valence-corrected chi connectivity index (χ0v) is 11.1. The number of carbonyl (C=O) groups is 1. The Morgan fingerprint density at radius 2 is 1.63 bits per heavy atom. The number of ketones is 1. The van der Waals surface area contributed by atoms with Crippen LogP contribution in [0.2, 0.25) is 0 Å². The predicted molar refractivity (Wildman–Crippen MR) is 76.5 cm³/mol. The fourth-order valence-corrected chi connectivity index (χ4v) is 1.96. The van der Waals surface area contributed by atoms with E-state index >= 15 is 0 Å². The number of phenolic OH excluding ortho intramolecular Hbond substituents is 1. The van der Waals surface area contributed by atoms with Gasteiger partial charge in [-0.05, 0) is 53.9 Å². The second kappa shape index (κ2) is 5.14. The number of rotatable bonds is 3. The van der Waals surface area contributed by atoms with Crippen LogP contribution >= 0.6 is 0 Å². The first-order valence-corrected chi connectivity index (χ1v) is 6.22. The lowest BCUT2D eigenvalue weighted by Gasteiger charge is -2.10. The van der Waals surface area contributed by atoms with E-state index in [1.807, 2.05) is 13.8 Å². The molecule has 0 aliphatic carbocycles. The van der Waals surface area contributed by atoms with Gasteiger partial charge in [0.1, 0.15) is 5.75 Å². The van der Waals surface area contributed by atoms with Crippen LogP contribution in [-0.4, -0.2) is 10.9 Å². The van der Waals surface area contributed by atoms with Crippen LogP contribution in [0.4, 0.5) is 5.69 Å². The third-order valence-corrected chi connectivity index (χ3v) is 3.08. The zero-order valence-electron chi connectivity index (χ0n) is 11.1.